The minimum atomic E-state index is -0.241. The van der Waals surface area contributed by atoms with E-state index in [2.05, 4.69) is 15.3 Å². The van der Waals surface area contributed by atoms with Gasteiger partial charge in [0.1, 0.15) is 0 Å². The van der Waals surface area contributed by atoms with Gasteiger partial charge in [-0.25, -0.2) is 4.98 Å². The molecule has 1 heterocycles. The molecule has 0 unspecified atom stereocenters. The van der Waals surface area contributed by atoms with Gasteiger partial charge in [-0.2, -0.15) is 0 Å². The number of aromatic nitrogens is 2. The molecule has 0 radical (unpaired) electrons. The summed E-state index contributed by atoms with van der Waals surface area (Å²) in [4.78, 5) is 19.4. The molecule has 0 fully saturated rings. The Morgan fingerprint density at radius 1 is 1.12 bits per heavy atom. The van der Waals surface area contributed by atoms with Crippen LogP contribution in [0.2, 0.25) is 0 Å². The Bertz CT molecular complexity index is 856. The molecule has 0 aliphatic rings. The summed E-state index contributed by atoms with van der Waals surface area (Å²) in [6, 6.07) is 14.7. The number of amides is 1. The number of aryl methyl sites for hydroxylation is 1. The van der Waals surface area contributed by atoms with Crippen molar-refractivity contribution in [1.29, 1.82) is 0 Å². The molecule has 0 saturated carbocycles. The van der Waals surface area contributed by atoms with Gasteiger partial charge in [0.15, 0.2) is 18.1 Å². The Hall–Kier alpha value is -3.28. The molecular weight excluding hydrogens is 318 g/mol. The summed E-state index contributed by atoms with van der Waals surface area (Å²) in [5, 5.41) is 2.80. The second-order valence-electron chi connectivity index (χ2n) is 5.44. The number of ether oxygens (including phenoxy) is 2. The minimum Gasteiger partial charge on any atom is -0.493 e. The highest BCUT2D eigenvalue weighted by Crippen LogP contribution is 2.26. The average molecular weight is 337 g/mol. The van der Waals surface area contributed by atoms with E-state index in [1.807, 2.05) is 43.3 Å². The molecule has 128 valence electrons. The van der Waals surface area contributed by atoms with Gasteiger partial charge in [0, 0.05) is 16.9 Å². The molecule has 2 N–H and O–H groups in total. The quantitative estimate of drug-likeness (QED) is 0.723. The summed E-state index contributed by atoms with van der Waals surface area (Å²) in [6.45, 7) is 1.87. The number of benzene rings is 2. The molecule has 6 nitrogen and oxygen atoms in total. The molecule has 2 aromatic carbocycles. The number of hydrogen-bond acceptors (Lipinski definition) is 4. The smallest absolute Gasteiger partial charge is 0.262 e. The molecule has 1 amide bonds. The lowest BCUT2D eigenvalue weighted by Gasteiger charge is -2.10. The fraction of sp³-hybridized carbons (Fsp3) is 0.158. The Kier molecular flexibility index (Phi) is 4.99. The number of imidazole rings is 1. The van der Waals surface area contributed by atoms with Gasteiger partial charge in [-0.05, 0) is 31.2 Å². The Morgan fingerprint density at radius 2 is 1.84 bits per heavy atom. The van der Waals surface area contributed by atoms with Gasteiger partial charge in [-0.1, -0.05) is 24.3 Å². The van der Waals surface area contributed by atoms with E-state index in [9.17, 15) is 4.79 Å². The van der Waals surface area contributed by atoms with E-state index < -0.39 is 0 Å². The predicted octanol–water partition coefficient (Wildman–Crippen LogP) is 3.41. The van der Waals surface area contributed by atoms with Crippen LogP contribution in [0.25, 0.3) is 11.3 Å². The third kappa shape index (κ3) is 3.98. The molecule has 3 rings (SSSR count). The van der Waals surface area contributed by atoms with Crippen LogP contribution in [0.5, 0.6) is 11.5 Å². The molecule has 1 aromatic heterocycles. The fourth-order valence-electron chi connectivity index (χ4n) is 2.44. The summed E-state index contributed by atoms with van der Waals surface area (Å²) < 4.78 is 10.7. The molecular formula is C19H19N3O3. The first-order valence-electron chi connectivity index (χ1n) is 7.83. The van der Waals surface area contributed by atoms with Crippen LogP contribution >= 0.6 is 0 Å². The number of hydrogen-bond donors (Lipinski definition) is 2. The van der Waals surface area contributed by atoms with Crippen LogP contribution in [-0.4, -0.2) is 29.6 Å². The van der Waals surface area contributed by atoms with Gasteiger partial charge in [-0.3, -0.25) is 4.79 Å². The van der Waals surface area contributed by atoms with Crippen molar-refractivity contribution in [2.24, 2.45) is 0 Å². The lowest BCUT2D eigenvalue weighted by atomic mass is 10.1. The van der Waals surface area contributed by atoms with Crippen molar-refractivity contribution < 1.29 is 14.3 Å². The molecule has 0 aliphatic carbocycles. The number of anilines is 1. The zero-order valence-electron chi connectivity index (χ0n) is 14.1. The van der Waals surface area contributed by atoms with Crippen LogP contribution in [0.15, 0.2) is 54.9 Å². The maximum atomic E-state index is 12.1. The molecule has 0 aliphatic heterocycles. The van der Waals surface area contributed by atoms with Crippen molar-refractivity contribution >= 4 is 11.6 Å². The maximum absolute atomic E-state index is 12.1. The summed E-state index contributed by atoms with van der Waals surface area (Å²) in [6.07, 6.45) is 1.66. The van der Waals surface area contributed by atoms with Crippen molar-refractivity contribution in [3.63, 3.8) is 0 Å². The number of carbonyl (C=O) groups excluding carboxylic acids is 1. The normalized spacial score (nSPS) is 10.3. The van der Waals surface area contributed by atoms with Gasteiger partial charge >= 0.3 is 0 Å². The van der Waals surface area contributed by atoms with Crippen LogP contribution < -0.4 is 14.8 Å². The SMILES string of the molecule is COc1ccccc1OCC(=O)Nc1ccc(-c2nc[nH]c2C)cc1. The summed E-state index contributed by atoms with van der Waals surface area (Å²) in [5.41, 5.74) is 3.59. The van der Waals surface area contributed by atoms with E-state index in [1.54, 1.807) is 25.6 Å². The third-order valence-corrected chi connectivity index (χ3v) is 3.70. The highest BCUT2D eigenvalue weighted by Gasteiger charge is 2.08. The molecule has 0 spiro atoms. The molecule has 3 aromatic rings. The average Bonchev–Trinajstić information content (AvgIpc) is 3.07. The molecule has 25 heavy (non-hydrogen) atoms. The molecule has 0 atom stereocenters. The largest absolute Gasteiger partial charge is 0.493 e. The van der Waals surface area contributed by atoms with Crippen molar-refractivity contribution in [2.75, 3.05) is 19.0 Å². The van der Waals surface area contributed by atoms with E-state index >= 15 is 0 Å². The first-order chi connectivity index (χ1) is 12.2. The maximum Gasteiger partial charge on any atom is 0.262 e. The predicted molar refractivity (Wildman–Crippen MR) is 95.9 cm³/mol. The number of para-hydroxylation sites is 2. The highest BCUT2D eigenvalue weighted by molar-refractivity contribution is 5.92. The van der Waals surface area contributed by atoms with Gasteiger partial charge in [0.05, 0.1) is 19.1 Å². The molecule has 0 saturated heterocycles. The van der Waals surface area contributed by atoms with Gasteiger partial charge in [0.2, 0.25) is 0 Å². The second-order valence-corrected chi connectivity index (χ2v) is 5.44. The van der Waals surface area contributed by atoms with Gasteiger partial charge in [0.25, 0.3) is 5.91 Å². The zero-order chi connectivity index (χ0) is 17.6. The first kappa shape index (κ1) is 16.6. The third-order valence-electron chi connectivity index (χ3n) is 3.70. The van der Waals surface area contributed by atoms with Crippen LogP contribution in [0.4, 0.5) is 5.69 Å². The van der Waals surface area contributed by atoms with Crippen molar-refractivity contribution in [2.45, 2.75) is 6.92 Å². The zero-order valence-corrected chi connectivity index (χ0v) is 14.1. The van der Waals surface area contributed by atoms with E-state index in [1.165, 1.54) is 0 Å². The Morgan fingerprint density at radius 3 is 2.48 bits per heavy atom. The Balaban J connectivity index is 1.59. The number of nitrogens with one attached hydrogen (secondary N) is 2. The van der Waals surface area contributed by atoms with Crippen LogP contribution in [0, 0.1) is 6.92 Å². The monoisotopic (exact) mass is 337 g/mol. The topological polar surface area (TPSA) is 76.2 Å². The first-order valence-corrected chi connectivity index (χ1v) is 7.83. The van der Waals surface area contributed by atoms with Crippen LogP contribution in [0.3, 0.4) is 0 Å². The minimum absolute atomic E-state index is 0.0966. The van der Waals surface area contributed by atoms with Gasteiger partial charge in [-0.15, -0.1) is 0 Å². The second kappa shape index (κ2) is 7.53. The van der Waals surface area contributed by atoms with E-state index in [-0.39, 0.29) is 12.5 Å². The summed E-state index contributed by atoms with van der Waals surface area (Å²) >= 11 is 0. The fourth-order valence-corrected chi connectivity index (χ4v) is 2.44. The highest BCUT2D eigenvalue weighted by atomic mass is 16.5. The number of aromatic amines is 1. The number of nitrogens with zero attached hydrogens (tertiary/aromatic N) is 1. The summed E-state index contributed by atoms with van der Waals surface area (Å²) in [5.74, 6) is 0.883. The van der Waals surface area contributed by atoms with E-state index in [0.717, 1.165) is 17.0 Å². The van der Waals surface area contributed by atoms with Crippen LogP contribution in [-0.2, 0) is 4.79 Å². The Labute approximate surface area is 145 Å². The van der Waals surface area contributed by atoms with E-state index in [4.69, 9.17) is 9.47 Å². The van der Waals surface area contributed by atoms with Crippen LogP contribution in [0.1, 0.15) is 5.69 Å². The summed E-state index contributed by atoms with van der Waals surface area (Å²) in [7, 11) is 1.56. The molecule has 0 bridgehead atoms. The van der Waals surface area contributed by atoms with E-state index in [0.29, 0.717) is 17.2 Å². The number of methoxy groups -OCH3 is 1. The van der Waals surface area contributed by atoms with Crippen molar-refractivity contribution in [3.8, 4) is 22.8 Å². The number of rotatable bonds is 6. The lowest BCUT2D eigenvalue weighted by Crippen LogP contribution is -2.20. The van der Waals surface area contributed by atoms with Crippen molar-refractivity contribution in [1.82, 2.24) is 9.97 Å². The number of carbonyl (C=O) groups is 1. The van der Waals surface area contributed by atoms with Gasteiger partial charge < -0.3 is 19.8 Å². The van der Waals surface area contributed by atoms with Crippen molar-refractivity contribution in [3.05, 3.63) is 60.6 Å². The lowest BCUT2D eigenvalue weighted by molar-refractivity contribution is -0.118. The standard InChI is InChI=1S/C19H19N3O3/c1-13-19(21-12-20-13)14-7-9-15(10-8-14)22-18(23)11-25-17-6-4-3-5-16(17)24-2/h3-10,12H,11H2,1-2H3,(H,20,21)(H,22,23). The number of H-pyrrole nitrogens is 1. The molecule has 6 heteroatoms.